The van der Waals surface area contributed by atoms with Gasteiger partial charge in [-0.1, -0.05) is 77.0 Å². The van der Waals surface area contributed by atoms with Crippen LogP contribution in [0.5, 0.6) is 0 Å². The maximum atomic E-state index is 8.56. The molecule has 0 unspecified atom stereocenters. The van der Waals surface area contributed by atoms with Gasteiger partial charge in [0.05, 0.1) is 13.2 Å². The highest BCUT2D eigenvalue weighted by Gasteiger charge is 1.94. The van der Waals surface area contributed by atoms with Crippen LogP contribution in [0.2, 0.25) is 0 Å². The number of aliphatic hydroxyl groups is 1. The Morgan fingerprint density at radius 3 is 1.29 bits per heavy atom. The fourth-order valence-corrected chi connectivity index (χ4v) is 2.83. The molecule has 1 N–H and O–H groups in total. The summed E-state index contributed by atoms with van der Waals surface area (Å²) in [7, 11) is 0. The fourth-order valence-electron chi connectivity index (χ4n) is 2.60. The standard InChI is InChI=1S/C18H38O2S/c19-15-17-20-16-13-11-9-7-5-3-1-2-4-6-8-10-12-14-18-21/h19,21H,1-18H2. The lowest BCUT2D eigenvalue weighted by Crippen LogP contribution is -2.00. The molecule has 0 rings (SSSR count). The molecular weight excluding hydrogens is 280 g/mol. The molecule has 0 spiro atoms. The molecule has 0 atom stereocenters. The summed E-state index contributed by atoms with van der Waals surface area (Å²) in [5.41, 5.74) is 0. The van der Waals surface area contributed by atoms with Crippen LogP contribution in [0, 0.1) is 0 Å². The highest BCUT2D eigenvalue weighted by Crippen LogP contribution is 2.13. The van der Waals surface area contributed by atoms with Gasteiger partial charge in [-0.2, -0.15) is 12.6 Å². The maximum absolute atomic E-state index is 8.56. The van der Waals surface area contributed by atoms with Gasteiger partial charge in [0.15, 0.2) is 0 Å². The molecule has 21 heavy (non-hydrogen) atoms. The highest BCUT2D eigenvalue weighted by atomic mass is 32.1. The summed E-state index contributed by atoms with van der Waals surface area (Å²) in [6.07, 6.45) is 19.2. The van der Waals surface area contributed by atoms with Gasteiger partial charge in [0.25, 0.3) is 0 Å². The third kappa shape index (κ3) is 20.3. The zero-order valence-corrected chi connectivity index (χ0v) is 14.9. The Bertz CT molecular complexity index is 159. The first-order valence-electron chi connectivity index (χ1n) is 9.21. The SMILES string of the molecule is OCCOCCCCCCCCCCCCCCCCS. The van der Waals surface area contributed by atoms with E-state index in [-0.39, 0.29) is 6.61 Å². The number of hydrogen-bond donors (Lipinski definition) is 2. The van der Waals surface area contributed by atoms with Crippen molar-refractivity contribution in [2.45, 2.75) is 89.9 Å². The van der Waals surface area contributed by atoms with Crippen molar-refractivity contribution in [2.75, 3.05) is 25.6 Å². The number of ether oxygens (including phenoxy) is 1. The van der Waals surface area contributed by atoms with Crippen LogP contribution in [-0.4, -0.2) is 30.7 Å². The maximum Gasteiger partial charge on any atom is 0.0697 e. The van der Waals surface area contributed by atoms with Crippen LogP contribution in [0.1, 0.15) is 89.9 Å². The Hall–Kier alpha value is 0.270. The minimum Gasteiger partial charge on any atom is -0.394 e. The molecule has 0 heterocycles. The average molecular weight is 319 g/mol. The van der Waals surface area contributed by atoms with Gasteiger partial charge in [-0.15, -0.1) is 0 Å². The smallest absolute Gasteiger partial charge is 0.0697 e. The van der Waals surface area contributed by atoms with E-state index in [0.29, 0.717) is 6.61 Å². The van der Waals surface area contributed by atoms with E-state index in [0.717, 1.165) is 18.8 Å². The summed E-state index contributed by atoms with van der Waals surface area (Å²) in [5.74, 6) is 1.05. The molecule has 0 saturated heterocycles. The van der Waals surface area contributed by atoms with Gasteiger partial charge in [-0.05, 0) is 18.6 Å². The first-order chi connectivity index (χ1) is 10.4. The molecule has 0 bridgehead atoms. The monoisotopic (exact) mass is 318 g/mol. The summed E-state index contributed by atoms with van der Waals surface area (Å²) in [6, 6.07) is 0. The Labute approximate surface area is 138 Å². The van der Waals surface area contributed by atoms with Gasteiger partial charge in [0.1, 0.15) is 0 Å². The van der Waals surface area contributed by atoms with Crippen LogP contribution in [-0.2, 0) is 4.74 Å². The Morgan fingerprint density at radius 2 is 0.905 bits per heavy atom. The molecule has 0 aromatic rings. The molecule has 2 nitrogen and oxygen atoms in total. The van der Waals surface area contributed by atoms with E-state index in [9.17, 15) is 0 Å². The van der Waals surface area contributed by atoms with Gasteiger partial charge >= 0.3 is 0 Å². The molecule has 0 aliphatic carbocycles. The second kappa shape index (κ2) is 20.3. The van der Waals surface area contributed by atoms with Crippen LogP contribution in [0.25, 0.3) is 0 Å². The lowest BCUT2D eigenvalue weighted by Gasteiger charge is -2.04. The summed E-state index contributed by atoms with van der Waals surface area (Å²) >= 11 is 4.24. The van der Waals surface area contributed by atoms with Crippen LogP contribution < -0.4 is 0 Å². The summed E-state index contributed by atoms with van der Waals surface area (Å²) in [6.45, 7) is 1.46. The van der Waals surface area contributed by atoms with Crippen molar-refractivity contribution < 1.29 is 9.84 Å². The second-order valence-corrected chi connectivity index (χ2v) is 6.46. The number of hydrogen-bond acceptors (Lipinski definition) is 3. The molecule has 128 valence electrons. The number of unbranched alkanes of at least 4 members (excludes halogenated alkanes) is 13. The van der Waals surface area contributed by atoms with Gasteiger partial charge in [-0.25, -0.2) is 0 Å². The van der Waals surface area contributed by atoms with E-state index in [1.807, 2.05) is 0 Å². The van der Waals surface area contributed by atoms with Crippen molar-refractivity contribution in [3.05, 3.63) is 0 Å². The van der Waals surface area contributed by atoms with Crippen LogP contribution in [0.3, 0.4) is 0 Å². The van der Waals surface area contributed by atoms with Gasteiger partial charge in [-0.3, -0.25) is 0 Å². The first kappa shape index (κ1) is 21.3. The van der Waals surface area contributed by atoms with Crippen LogP contribution in [0.15, 0.2) is 0 Å². The Balaban J connectivity index is 2.90. The second-order valence-electron chi connectivity index (χ2n) is 6.01. The van der Waals surface area contributed by atoms with Gasteiger partial charge in [0, 0.05) is 6.61 Å². The molecule has 0 aromatic heterocycles. The largest absolute Gasteiger partial charge is 0.394 e. The van der Waals surface area contributed by atoms with Crippen molar-refractivity contribution >= 4 is 12.6 Å². The number of aliphatic hydroxyl groups excluding tert-OH is 1. The molecule has 0 aromatic carbocycles. The fraction of sp³-hybridized carbons (Fsp3) is 1.00. The lowest BCUT2D eigenvalue weighted by atomic mass is 10.0. The number of rotatable bonds is 18. The molecule has 0 aliphatic heterocycles. The zero-order chi connectivity index (χ0) is 15.4. The zero-order valence-electron chi connectivity index (χ0n) is 14.0. The summed E-state index contributed by atoms with van der Waals surface area (Å²) in [4.78, 5) is 0. The molecule has 0 aliphatic rings. The van der Waals surface area contributed by atoms with Crippen molar-refractivity contribution in [3.8, 4) is 0 Å². The predicted molar refractivity (Wildman–Crippen MR) is 96.4 cm³/mol. The van der Waals surface area contributed by atoms with E-state index in [4.69, 9.17) is 9.84 Å². The minimum atomic E-state index is 0.148. The van der Waals surface area contributed by atoms with Gasteiger partial charge in [0.2, 0.25) is 0 Å². The normalized spacial score (nSPS) is 11.1. The highest BCUT2D eigenvalue weighted by molar-refractivity contribution is 7.80. The predicted octanol–water partition coefficient (Wildman–Crippen LogP) is 5.39. The topological polar surface area (TPSA) is 29.5 Å². The van der Waals surface area contributed by atoms with Crippen molar-refractivity contribution in [2.24, 2.45) is 0 Å². The Morgan fingerprint density at radius 1 is 0.524 bits per heavy atom. The minimum absolute atomic E-state index is 0.148. The number of thiol groups is 1. The third-order valence-corrected chi connectivity index (χ3v) is 4.25. The summed E-state index contributed by atoms with van der Waals surface area (Å²) < 4.78 is 5.24. The summed E-state index contributed by atoms with van der Waals surface area (Å²) in [5, 5.41) is 8.56. The first-order valence-corrected chi connectivity index (χ1v) is 9.84. The van der Waals surface area contributed by atoms with Crippen molar-refractivity contribution in [3.63, 3.8) is 0 Å². The van der Waals surface area contributed by atoms with E-state index < -0.39 is 0 Å². The molecule has 0 fully saturated rings. The van der Waals surface area contributed by atoms with Gasteiger partial charge < -0.3 is 9.84 Å². The average Bonchev–Trinajstić information content (AvgIpc) is 2.50. The van der Waals surface area contributed by atoms with Crippen molar-refractivity contribution in [1.29, 1.82) is 0 Å². The molecular formula is C18H38O2S. The van der Waals surface area contributed by atoms with E-state index in [2.05, 4.69) is 12.6 Å². The molecule has 0 amide bonds. The molecule has 0 saturated carbocycles. The van der Waals surface area contributed by atoms with E-state index >= 15 is 0 Å². The van der Waals surface area contributed by atoms with Crippen molar-refractivity contribution in [1.82, 2.24) is 0 Å². The van der Waals surface area contributed by atoms with Crippen LogP contribution >= 0.6 is 12.6 Å². The lowest BCUT2D eigenvalue weighted by molar-refractivity contribution is 0.0895. The van der Waals surface area contributed by atoms with E-state index in [1.54, 1.807) is 0 Å². The Kier molecular flexibility index (Phi) is 20.5. The molecule has 0 radical (unpaired) electrons. The quantitative estimate of drug-likeness (QED) is 0.262. The third-order valence-electron chi connectivity index (χ3n) is 3.93. The molecule has 3 heteroatoms. The van der Waals surface area contributed by atoms with E-state index in [1.165, 1.54) is 83.5 Å². The van der Waals surface area contributed by atoms with Crippen LogP contribution in [0.4, 0.5) is 0 Å².